The number of carbonyl (C=O) groups excluding carboxylic acids is 1. The summed E-state index contributed by atoms with van der Waals surface area (Å²) in [5.41, 5.74) is 1.73. The highest BCUT2D eigenvalue weighted by Gasteiger charge is 2.32. The molecule has 1 aromatic rings. The molecule has 0 bridgehead atoms. The molecule has 0 saturated heterocycles. The van der Waals surface area contributed by atoms with Crippen molar-refractivity contribution < 1.29 is 14.5 Å². The van der Waals surface area contributed by atoms with Gasteiger partial charge in [-0.2, -0.15) is 0 Å². The van der Waals surface area contributed by atoms with Crippen molar-refractivity contribution in [1.29, 1.82) is 0 Å². The molecule has 25 heavy (non-hydrogen) atoms. The summed E-state index contributed by atoms with van der Waals surface area (Å²) in [5.74, 6) is 0.106. The summed E-state index contributed by atoms with van der Waals surface area (Å²) < 4.78 is 5.45. The van der Waals surface area contributed by atoms with Crippen molar-refractivity contribution in [2.24, 2.45) is 0 Å². The van der Waals surface area contributed by atoms with Crippen molar-refractivity contribution in [3.8, 4) is 5.75 Å². The van der Waals surface area contributed by atoms with E-state index in [-0.39, 0.29) is 17.2 Å². The fraction of sp³-hybridized carbons (Fsp3) is 0.412. The number of ether oxygens (including phenoxy) is 1. The second kappa shape index (κ2) is 7.60. The lowest BCUT2D eigenvalue weighted by atomic mass is 9.92. The third-order valence-electron chi connectivity index (χ3n) is 4.11. The number of nitrogens with zero attached hydrogens (tertiary/aromatic N) is 2. The van der Waals surface area contributed by atoms with Gasteiger partial charge in [-0.3, -0.25) is 14.9 Å². The minimum absolute atomic E-state index is 0.113. The predicted molar refractivity (Wildman–Crippen MR) is 98.5 cm³/mol. The van der Waals surface area contributed by atoms with E-state index in [0.717, 1.165) is 12.1 Å². The van der Waals surface area contributed by atoms with Crippen LogP contribution in [0.25, 0.3) is 0 Å². The van der Waals surface area contributed by atoms with Crippen LogP contribution in [0.1, 0.15) is 38.8 Å². The van der Waals surface area contributed by atoms with Crippen LogP contribution in [0.5, 0.6) is 5.75 Å². The second-order valence-electron chi connectivity index (χ2n) is 5.83. The molecule has 134 valence electrons. The van der Waals surface area contributed by atoms with Crippen LogP contribution in [0.2, 0.25) is 0 Å². The summed E-state index contributed by atoms with van der Waals surface area (Å²) in [5, 5.41) is 15.0. The molecule has 1 aromatic carbocycles. The number of nitro groups is 1. The van der Waals surface area contributed by atoms with E-state index in [1.165, 1.54) is 13.0 Å². The maximum Gasteiger partial charge on any atom is 0.311 e. The molecule has 0 radical (unpaired) electrons. The summed E-state index contributed by atoms with van der Waals surface area (Å²) >= 11 is 5.30. The Balaban J connectivity index is 2.52. The van der Waals surface area contributed by atoms with E-state index in [1.54, 1.807) is 24.1 Å². The molecular weight excluding hydrogens is 342 g/mol. The average Bonchev–Trinajstić information content (AvgIpc) is 2.56. The van der Waals surface area contributed by atoms with Crippen molar-refractivity contribution in [2.75, 3.05) is 13.7 Å². The van der Waals surface area contributed by atoms with Gasteiger partial charge < -0.3 is 15.0 Å². The van der Waals surface area contributed by atoms with Crippen LogP contribution in [-0.2, 0) is 4.79 Å². The Morgan fingerprint density at radius 2 is 2.16 bits per heavy atom. The molecular formula is C17H21N3O4S. The Labute approximate surface area is 151 Å². The fourth-order valence-electron chi connectivity index (χ4n) is 2.73. The number of benzene rings is 1. The lowest BCUT2D eigenvalue weighted by Crippen LogP contribution is -2.45. The Kier molecular flexibility index (Phi) is 5.73. The normalized spacial score (nSPS) is 17.4. The third kappa shape index (κ3) is 3.79. The summed E-state index contributed by atoms with van der Waals surface area (Å²) in [7, 11) is 1.77. The molecule has 1 heterocycles. The first kappa shape index (κ1) is 18.9. The van der Waals surface area contributed by atoms with E-state index in [0.29, 0.717) is 22.9 Å². The van der Waals surface area contributed by atoms with E-state index < -0.39 is 11.0 Å². The highest BCUT2D eigenvalue weighted by atomic mass is 32.1. The molecule has 1 N–H and O–H groups in total. The number of nitro benzene ring substituents is 1. The number of nitrogens with one attached hydrogen (secondary N) is 1. The van der Waals surface area contributed by atoms with Gasteiger partial charge in [-0.25, -0.2) is 0 Å². The number of hydrogen-bond acceptors (Lipinski definition) is 5. The molecule has 0 fully saturated rings. The highest BCUT2D eigenvalue weighted by Crippen LogP contribution is 2.35. The van der Waals surface area contributed by atoms with E-state index in [9.17, 15) is 14.9 Å². The molecule has 1 aliphatic heterocycles. The second-order valence-corrected chi connectivity index (χ2v) is 6.22. The maximum atomic E-state index is 12.1. The molecule has 1 unspecified atom stereocenters. The molecule has 0 spiro atoms. The number of rotatable bonds is 6. The van der Waals surface area contributed by atoms with Crippen molar-refractivity contribution in [3.05, 3.63) is 45.1 Å². The molecule has 0 amide bonds. The van der Waals surface area contributed by atoms with Gasteiger partial charge in [-0.1, -0.05) is 13.0 Å². The van der Waals surface area contributed by atoms with Gasteiger partial charge in [0.05, 0.1) is 17.6 Å². The van der Waals surface area contributed by atoms with Crippen molar-refractivity contribution >= 4 is 28.8 Å². The molecule has 0 aliphatic carbocycles. The van der Waals surface area contributed by atoms with Crippen molar-refractivity contribution in [2.45, 2.75) is 33.2 Å². The fourth-order valence-corrected chi connectivity index (χ4v) is 2.99. The van der Waals surface area contributed by atoms with Gasteiger partial charge in [-0.05, 0) is 44.1 Å². The van der Waals surface area contributed by atoms with E-state index in [2.05, 4.69) is 5.32 Å². The zero-order valence-electron chi connectivity index (χ0n) is 14.7. The number of Topliss-reactive ketones (excluding diaryl/α,β-unsaturated/α-hetero) is 1. The topological polar surface area (TPSA) is 84.7 Å². The number of thiocarbonyl (C=S) groups is 1. The smallest absolute Gasteiger partial charge is 0.311 e. The monoisotopic (exact) mass is 363 g/mol. The summed E-state index contributed by atoms with van der Waals surface area (Å²) in [6.45, 7) is 5.61. The minimum Gasteiger partial charge on any atom is -0.487 e. The number of carbonyl (C=O) groups is 1. The van der Waals surface area contributed by atoms with Crippen LogP contribution in [0, 0.1) is 10.1 Å². The van der Waals surface area contributed by atoms with Crippen LogP contribution in [0.4, 0.5) is 5.69 Å². The van der Waals surface area contributed by atoms with E-state index in [4.69, 9.17) is 17.0 Å². The highest BCUT2D eigenvalue weighted by molar-refractivity contribution is 7.80. The lowest BCUT2D eigenvalue weighted by Gasteiger charge is -2.35. The number of ketones is 1. The van der Waals surface area contributed by atoms with Gasteiger partial charge in [0.1, 0.15) is 0 Å². The van der Waals surface area contributed by atoms with Crippen LogP contribution >= 0.6 is 12.2 Å². The SMILES string of the molecule is CCCOc1ccc(C2NC(=S)N(C)C(C)=C2C(C)=O)cc1[N+](=O)[O-]. The standard InChI is InChI=1S/C17H21N3O4S/c1-5-8-24-14-7-6-12(9-13(14)20(22)23)16-15(11(3)21)10(2)19(4)17(25)18-16/h6-7,9,16H,5,8H2,1-4H3,(H,18,25). The first-order chi connectivity index (χ1) is 11.8. The van der Waals surface area contributed by atoms with Crippen LogP contribution in [-0.4, -0.2) is 34.4 Å². The first-order valence-corrected chi connectivity index (χ1v) is 8.35. The Hall–Kier alpha value is -2.48. The van der Waals surface area contributed by atoms with Crippen molar-refractivity contribution in [3.63, 3.8) is 0 Å². The lowest BCUT2D eigenvalue weighted by molar-refractivity contribution is -0.385. The first-order valence-electron chi connectivity index (χ1n) is 7.95. The van der Waals surface area contributed by atoms with Crippen molar-refractivity contribution in [1.82, 2.24) is 10.2 Å². The van der Waals surface area contributed by atoms with Gasteiger partial charge in [0, 0.05) is 24.4 Å². The molecule has 7 nitrogen and oxygen atoms in total. The molecule has 1 aliphatic rings. The molecule has 0 aromatic heterocycles. The van der Waals surface area contributed by atoms with Gasteiger partial charge in [0.25, 0.3) is 0 Å². The minimum atomic E-state index is -0.528. The molecule has 1 atom stereocenters. The predicted octanol–water partition coefficient (Wildman–Crippen LogP) is 3.11. The number of hydrogen-bond donors (Lipinski definition) is 1. The van der Waals surface area contributed by atoms with Crippen LogP contribution < -0.4 is 10.1 Å². The maximum absolute atomic E-state index is 12.1. The van der Waals surface area contributed by atoms with Crippen LogP contribution in [0.3, 0.4) is 0 Å². The summed E-state index contributed by atoms with van der Waals surface area (Å²) in [4.78, 5) is 24.8. The summed E-state index contributed by atoms with van der Waals surface area (Å²) in [6, 6.07) is 4.20. The quantitative estimate of drug-likeness (QED) is 0.472. The van der Waals surface area contributed by atoms with Gasteiger partial charge in [-0.15, -0.1) is 0 Å². The van der Waals surface area contributed by atoms with Gasteiger partial charge in [0.2, 0.25) is 0 Å². The summed E-state index contributed by atoms with van der Waals surface area (Å²) in [6.07, 6.45) is 0.750. The Morgan fingerprint density at radius 1 is 1.48 bits per heavy atom. The van der Waals surface area contributed by atoms with Gasteiger partial charge in [0.15, 0.2) is 16.6 Å². The largest absolute Gasteiger partial charge is 0.487 e. The average molecular weight is 363 g/mol. The third-order valence-corrected chi connectivity index (χ3v) is 4.50. The van der Waals surface area contributed by atoms with E-state index >= 15 is 0 Å². The number of allylic oxidation sites excluding steroid dienone is 1. The Morgan fingerprint density at radius 3 is 2.72 bits per heavy atom. The Bertz CT molecular complexity index is 760. The zero-order chi connectivity index (χ0) is 18.7. The molecule has 8 heteroatoms. The van der Waals surface area contributed by atoms with E-state index in [1.807, 2.05) is 13.8 Å². The van der Waals surface area contributed by atoms with Gasteiger partial charge >= 0.3 is 5.69 Å². The molecule has 0 saturated carbocycles. The van der Waals surface area contributed by atoms with Crippen LogP contribution in [0.15, 0.2) is 29.5 Å². The zero-order valence-corrected chi connectivity index (χ0v) is 15.5. The molecule has 2 rings (SSSR count).